The molecular formula is C15H21N5O. The van der Waals surface area contributed by atoms with Crippen LogP contribution in [0.15, 0.2) is 29.5 Å². The van der Waals surface area contributed by atoms with Gasteiger partial charge in [0.15, 0.2) is 0 Å². The lowest BCUT2D eigenvalue weighted by Crippen LogP contribution is -2.21. The van der Waals surface area contributed by atoms with Gasteiger partial charge in [-0.15, -0.1) is 0 Å². The van der Waals surface area contributed by atoms with Crippen LogP contribution in [0.5, 0.6) is 5.75 Å². The first kappa shape index (κ1) is 14.9. The topological polar surface area (TPSA) is 79.7 Å². The van der Waals surface area contributed by atoms with Crippen LogP contribution >= 0.6 is 0 Å². The van der Waals surface area contributed by atoms with Crippen LogP contribution in [0.2, 0.25) is 0 Å². The van der Waals surface area contributed by atoms with Crippen molar-refractivity contribution >= 4 is 17.9 Å². The number of phenols is 1. The summed E-state index contributed by atoms with van der Waals surface area (Å²) in [6.07, 6.45) is 3.30. The fourth-order valence-corrected chi connectivity index (χ4v) is 2.15. The van der Waals surface area contributed by atoms with Gasteiger partial charge in [-0.2, -0.15) is 5.10 Å². The van der Waals surface area contributed by atoms with Crippen molar-refractivity contribution in [2.24, 2.45) is 5.10 Å². The highest BCUT2D eigenvalue weighted by Crippen LogP contribution is 2.23. The van der Waals surface area contributed by atoms with Gasteiger partial charge in [-0.05, 0) is 32.9 Å². The quantitative estimate of drug-likeness (QED) is 0.826. The number of anilines is 2. The van der Waals surface area contributed by atoms with Crippen molar-refractivity contribution in [1.82, 2.24) is 9.66 Å². The predicted molar refractivity (Wildman–Crippen MR) is 86.0 cm³/mol. The van der Waals surface area contributed by atoms with Crippen molar-refractivity contribution in [3.63, 3.8) is 0 Å². The lowest BCUT2D eigenvalue weighted by molar-refractivity contribution is 0.474. The monoisotopic (exact) mass is 287 g/mol. The molecule has 21 heavy (non-hydrogen) atoms. The van der Waals surface area contributed by atoms with Gasteiger partial charge in [0.1, 0.15) is 5.75 Å². The average Bonchev–Trinajstić information content (AvgIpc) is 2.77. The van der Waals surface area contributed by atoms with E-state index >= 15 is 0 Å². The fourth-order valence-electron chi connectivity index (χ4n) is 2.15. The Morgan fingerprint density at radius 1 is 1.38 bits per heavy atom. The average molecular weight is 287 g/mol. The summed E-state index contributed by atoms with van der Waals surface area (Å²) in [5, 5.41) is 14.3. The first-order valence-electron chi connectivity index (χ1n) is 6.99. The van der Waals surface area contributed by atoms with Gasteiger partial charge in [-0.25, -0.2) is 9.66 Å². The number of hydrogen-bond donors (Lipinski definition) is 2. The summed E-state index contributed by atoms with van der Waals surface area (Å²) < 4.78 is 1.48. The predicted octanol–water partition coefficient (Wildman–Crippen LogP) is 2.21. The molecule has 0 bridgehead atoms. The smallest absolute Gasteiger partial charge is 0.221 e. The van der Waals surface area contributed by atoms with Gasteiger partial charge in [0.2, 0.25) is 5.95 Å². The summed E-state index contributed by atoms with van der Waals surface area (Å²) in [4.78, 5) is 6.23. The summed E-state index contributed by atoms with van der Waals surface area (Å²) in [5.74, 6) is 0.515. The standard InChI is InChI=1S/C15H21N5O/c1-4-19(5-2)13-7-6-12(14(21)8-13)9-17-20-10-11(3)18-15(20)16/h6-10,21H,4-5H2,1-3H3,(H2,16,18). The SMILES string of the molecule is CCN(CC)c1ccc(C=Nn2cc(C)nc2N)c(O)c1. The van der Waals surface area contributed by atoms with Gasteiger partial charge in [0, 0.05) is 30.4 Å². The Morgan fingerprint density at radius 2 is 2.10 bits per heavy atom. The van der Waals surface area contributed by atoms with Crippen LogP contribution in [0, 0.1) is 6.92 Å². The largest absolute Gasteiger partial charge is 0.507 e. The van der Waals surface area contributed by atoms with E-state index in [1.807, 2.05) is 19.1 Å². The number of imidazole rings is 1. The minimum absolute atomic E-state index is 0.193. The van der Waals surface area contributed by atoms with E-state index in [4.69, 9.17) is 5.73 Å². The fraction of sp³-hybridized carbons (Fsp3) is 0.333. The molecule has 0 aliphatic carbocycles. The number of benzene rings is 1. The van der Waals surface area contributed by atoms with Crippen molar-refractivity contribution in [1.29, 1.82) is 0 Å². The maximum absolute atomic E-state index is 10.1. The van der Waals surface area contributed by atoms with Crippen LogP contribution < -0.4 is 10.6 Å². The maximum atomic E-state index is 10.1. The van der Waals surface area contributed by atoms with Gasteiger partial charge < -0.3 is 15.7 Å². The summed E-state index contributed by atoms with van der Waals surface area (Å²) in [6, 6.07) is 5.56. The molecule has 1 aromatic carbocycles. The lowest BCUT2D eigenvalue weighted by Gasteiger charge is -2.21. The van der Waals surface area contributed by atoms with Gasteiger partial charge in [0.25, 0.3) is 0 Å². The molecule has 0 unspecified atom stereocenters. The third-order valence-corrected chi connectivity index (χ3v) is 3.30. The van der Waals surface area contributed by atoms with Gasteiger partial charge in [-0.3, -0.25) is 0 Å². The molecule has 1 aromatic heterocycles. The Kier molecular flexibility index (Phi) is 4.47. The number of phenolic OH excluding ortho intramolecular Hbond substituents is 1. The molecule has 0 aliphatic rings. The minimum atomic E-state index is 0.193. The van der Waals surface area contributed by atoms with E-state index in [2.05, 4.69) is 28.8 Å². The molecule has 1 heterocycles. The number of rotatable bonds is 5. The molecule has 0 atom stereocenters. The lowest BCUT2D eigenvalue weighted by atomic mass is 10.2. The van der Waals surface area contributed by atoms with E-state index in [1.54, 1.807) is 18.5 Å². The van der Waals surface area contributed by atoms with E-state index in [1.165, 1.54) is 4.68 Å². The van der Waals surface area contributed by atoms with E-state index in [-0.39, 0.29) is 5.75 Å². The zero-order chi connectivity index (χ0) is 15.4. The van der Waals surface area contributed by atoms with Crippen molar-refractivity contribution in [3.8, 4) is 5.75 Å². The molecule has 3 N–H and O–H groups in total. The Morgan fingerprint density at radius 3 is 2.62 bits per heavy atom. The van der Waals surface area contributed by atoms with Crippen LogP contribution in [0.25, 0.3) is 0 Å². The van der Waals surface area contributed by atoms with Crippen LogP contribution in [0.1, 0.15) is 25.1 Å². The highest BCUT2D eigenvalue weighted by Gasteiger charge is 2.06. The summed E-state index contributed by atoms with van der Waals surface area (Å²) in [7, 11) is 0. The van der Waals surface area contributed by atoms with E-state index in [0.717, 1.165) is 24.5 Å². The first-order valence-corrected chi connectivity index (χ1v) is 6.99. The normalized spacial score (nSPS) is 11.2. The molecule has 0 saturated heterocycles. The second kappa shape index (κ2) is 6.30. The molecule has 0 saturated carbocycles. The van der Waals surface area contributed by atoms with Crippen LogP contribution in [0.4, 0.5) is 11.6 Å². The highest BCUT2D eigenvalue weighted by molar-refractivity contribution is 5.84. The number of nitrogens with two attached hydrogens (primary N) is 1. The molecule has 0 radical (unpaired) electrons. The summed E-state index contributed by atoms with van der Waals surface area (Å²) in [6.45, 7) is 7.81. The van der Waals surface area contributed by atoms with Gasteiger partial charge >= 0.3 is 0 Å². The number of nitrogens with zero attached hydrogens (tertiary/aromatic N) is 4. The van der Waals surface area contributed by atoms with Gasteiger partial charge in [-0.1, -0.05) is 0 Å². The van der Waals surface area contributed by atoms with E-state index in [0.29, 0.717) is 11.5 Å². The Hall–Kier alpha value is -2.50. The maximum Gasteiger partial charge on any atom is 0.221 e. The Bertz CT molecular complexity index is 644. The summed E-state index contributed by atoms with van der Waals surface area (Å²) >= 11 is 0. The summed E-state index contributed by atoms with van der Waals surface area (Å²) in [5.41, 5.74) is 8.14. The molecule has 2 rings (SSSR count). The second-order valence-corrected chi connectivity index (χ2v) is 4.75. The third kappa shape index (κ3) is 3.34. The van der Waals surface area contributed by atoms with Crippen LogP contribution in [-0.2, 0) is 0 Å². The number of aromatic nitrogens is 2. The number of aryl methyl sites for hydroxylation is 1. The molecule has 6 heteroatoms. The Labute approximate surface area is 124 Å². The zero-order valence-corrected chi connectivity index (χ0v) is 12.6. The second-order valence-electron chi connectivity index (χ2n) is 4.75. The van der Waals surface area contributed by atoms with Crippen molar-refractivity contribution in [3.05, 3.63) is 35.7 Å². The first-order chi connectivity index (χ1) is 10.0. The molecule has 112 valence electrons. The molecule has 6 nitrogen and oxygen atoms in total. The highest BCUT2D eigenvalue weighted by atomic mass is 16.3. The number of nitrogen functional groups attached to an aromatic ring is 1. The Balaban J connectivity index is 2.23. The number of hydrogen-bond acceptors (Lipinski definition) is 5. The minimum Gasteiger partial charge on any atom is -0.507 e. The number of aromatic hydroxyl groups is 1. The van der Waals surface area contributed by atoms with Crippen molar-refractivity contribution in [2.45, 2.75) is 20.8 Å². The van der Waals surface area contributed by atoms with E-state index < -0.39 is 0 Å². The van der Waals surface area contributed by atoms with Crippen molar-refractivity contribution in [2.75, 3.05) is 23.7 Å². The molecule has 0 fully saturated rings. The third-order valence-electron chi connectivity index (χ3n) is 3.30. The molecule has 2 aromatic rings. The van der Waals surface area contributed by atoms with Gasteiger partial charge in [0.05, 0.1) is 18.1 Å². The molecule has 0 amide bonds. The molecule has 0 aliphatic heterocycles. The van der Waals surface area contributed by atoms with Crippen molar-refractivity contribution < 1.29 is 5.11 Å². The molecule has 0 spiro atoms. The molecular weight excluding hydrogens is 266 g/mol. The van der Waals surface area contributed by atoms with Crippen LogP contribution in [-0.4, -0.2) is 34.1 Å². The van der Waals surface area contributed by atoms with Crippen LogP contribution in [0.3, 0.4) is 0 Å². The van der Waals surface area contributed by atoms with E-state index in [9.17, 15) is 5.11 Å². The zero-order valence-electron chi connectivity index (χ0n) is 12.6.